The maximum Gasteiger partial charge on any atom is 0.232 e. The lowest BCUT2D eigenvalue weighted by Gasteiger charge is -2.06. The molecule has 2 aromatic heterocycles. The molecule has 34 heavy (non-hydrogen) atoms. The van der Waals surface area contributed by atoms with Crippen molar-refractivity contribution in [2.45, 2.75) is 26.7 Å². The molecule has 11 heteroatoms. The fraction of sp³-hybridized carbons (Fsp3) is 0.304. The normalized spacial score (nSPS) is 11.9. The Balaban J connectivity index is 0.000000196. The predicted octanol–water partition coefficient (Wildman–Crippen LogP) is 3.78. The molecule has 4 rings (SSSR count). The van der Waals surface area contributed by atoms with E-state index in [-0.39, 0.29) is 18.1 Å². The van der Waals surface area contributed by atoms with Gasteiger partial charge in [0, 0.05) is 52.2 Å². The lowest BCUT2D eigenvalue weighted by atomic mass is 10.1. The van der Waals surface area contributed by atoms with Crippen LogP contribution in [0.4, 0.5) is 11.4 Å². The molecule has 0 aliphatic rings. The number of hydrogen-bond donors (Lipinski definition) is 5. The second kappa shape index (κ2) is 10.9. The Bertz CT molecular complexity index is 1460. The molecule has 0 spiro atoms. The fourth-order valence-electron chi connectivity index (χ4n) is 3.34. The van der Waals surface area contributed by atoms with E-state index in [2.05, 4.69) is 19.4 Å². The summed E-state index contributed by atoms with van der Waals surface area (Å²) in [6, 6.07) is 12.7. The summed E-state index contributed by atoms with van der Waals surface area (Å²) in [6.07, 6.45) is 5.18. The quantitative estimate of drug-likeness (QED) is 0.235. The molecule has 184 valence electrons. The number of rotatable bonds is 9. The molecule has 0 aliphatic carbocycles. The molecule has 0 bridgehead atoms. The molecular formula is C23H30N4O5S2. The molecule has 0 fully saturated rings. The zero-order valence-electron chi connectivity index (χ0n) is 19.1. The molecule has 2 heterocycles. The molecule has 2 aromatic carbocycles. The molecular weight excluding hydrogens is 476 g/mol. The largest absolute Gasteiger partial charge is 0.396 e. The number of aromatic nitrogens is 2. The standard InChI is InChI=1S/C13H18N2O3S.C10H12N2O2S/c1-2-19(17,18)15-11-5-6-13-12(8-11)10(9-14-13)4-3-7-16;1-2-15(13,14)12-9-3-4-10-8(7-9)5-6-11-10/h5-6,8-9,14-16H,2-4,7H2,1H3;3-7,11-12H,2H2,1H3. The van der Waals surface area contributed by atoms with Crippen molar-refractivity contribution in [3.63, 3.8) is 0 Å². The number of sulfonamides is 2. The van der Waals surface area contributed by atoms with Gasteiger partial charge in [0.25, 0.3) is 0 Å². The molecule has 0 saturated carbocycles. The second-order valence-corrected chi connectivity index (χ2v) is 11.7. The summed E-state index contributed by atoms with van der Waals surface area (Å²) in [5.74, 6) is 0.133. The maximum atomic E-state index is 11.5. The maximum absolute atomic E-state index is 11.5. The molecule has 4 aromatic rings. The van der Waals surface area contributed by atoms with Crippen LogP contribution in [0.1, 0.15) is 25.8 Å². The minimum atomic E-state index is -3.25. The van der Waals surface area contributed by atoms with Crippen molar-refractivity contribution in [2.24, 2.45) is 0 Å². The summed E-state index contributed by atoms with van der Waals surface area (Å²) in [6.45, 7) is 3.36. The highest BCUT2D eigenvalue weighted by atomic mass is 32.2. The van der Waals surface area contributed by atoms with Gasteiger partial charge in [0.15, 0.2) is 0 Å². The van der Waals surface area contributed by atoms with Gasteiger partial charge in [-0.2, -0.15) is 0 Å². The first-order valence-corrected chi connectivity index (χ1v) is 14.3. The Morgan fingerprint density at radius 1 is 0.824 bits per heavy atom. The monoisotopic (exact) mass is 506 g/mol. The Labute approximate surface area is 199 Å². The summed E-state index contributed by atoms with van der Waals surface area (Å²) < 4.78 is 50.8. The van der Waals surface area contributed by atoms with Crippen LogP contribution in [0.25, 0.3) is 21.8 Å². The van der Waals surface area contributed by atoms with Crippen LogP contribution in [0.15, 0.2) is 54.9 Å². The molecule has 5 N–H and O–H groups in total. The number of aryl methyl sites for hydroxylation is 1. The van der Waals surface area contributed by atoms with E-state index < -0.39 is 20.0 Å². The van der Waals surface area contributed by atoms with Gasteiger partial charge in [-0.05, 0) is 74.7 Å². The zero-order valence-corrected chi connectivity index (χ0v) is 20.8. The highest BCUT2D eigenvalue weighted by Gasteiger charge is 2.09. The van der Waals surface area contributed by atoms with Gasteiger partial charge >= 0.3 is 0 Å². The highest BCUT2D eigenvalue weighted by Crippen LogP contribution is 2.24. The van der Waals surface area contributed by atoms with Gasteiger partial charge in [-0.25, -0.2) is 16.8 Å². The highest BCUT2D eigenvalue weighted by molar-refractivity contribution is 7.92. The number of aliphatic hydroxyl groups excluding tert-OH is 1. The van der Waals surface area contributed by atoms with Crippen molar-refractivity contribution in [1.29, 1.82) is 0 Å². The Kier molecular flexibility index (Phi) is 8.24. The molecule has 0 unspecified atom stereocenters. The SMILES string of the molecule is CCS(=O)(=O)Nc1ccc2[nH]cc(CCCO)c2c1.CCS(=O)(=O)Nc1ccc2[nH]ccc2c1. The Morgan fingerprint density at radius 3 is 2.06 bits per heavy atom. The molecule has 0 radical (unpaired) electrons. The molecule has 9 nitrogen and oxygen atoms in total. The van der Waals surface area contributed by atoms with Gasteiger partial charge in [-0.15, -0.1) is 0 Å². The van der Waals surface area contributed by atoms with Crippen LogP contribution in [-0.2, 0) is 26.5 Å². The van der Waals surface area contributed by atoms with Gasteiger partial charge in [0.1, 0.15) is 0 Å². The minimum absolute atomic E-state index is 0.0511. The van der Waals surface area contributed by atoms with E-state index in [4.69, 9.17) is 5.11 Å². The summed E-state index contributed by atoms with van der Waals surface area (Å²) in [5, 5.41) is 10.9. The van der Waals surface area contributed by atoms with E-state index in [0.717, 1.165) is 33.8 Å². The number of nitrogens with one attached hydrogen (secondary N) is 4. The summed E-state index contributed by atoms with van der Waals surface area (Å²) in [4.78, 5) is 6.19. The molecule has 0 amide bonds. The van der Waals surface area contributed by atoms with E-state index in [0.29, 0.717) is 17.8 Å². The van der Waals surface area contributed by atoms with Gasteiger partial charge in [-0.3, -0.25) is 9.44 Å². The fourth-order valence-corrected chi connectivity index (χ4v) is 4.60. The third kappa shape index (κ3) is 6.75. The van der Waals surface area contributed by atoms with Gasteiger partial charge in [0.2, 0.25) is 20.0 Å². The number of aromatic amines is 2. The van der Waals surface area contributed by atoms with E-state index in [1.165, 1.54) is 0 Å². The van der Waals surface area contributed by atoms with Crippen molar-refractivity contribution in [1.82, 2.24) is 9.97 Å². The number of benzene rings is 2. The third-order valence-electron chi connectivity index (χ3n) is 5.23. The average molecular weight is 507 g/mol. The van der Waals surface area contributed by atoms with E-state index in [1.54, 1.807) is 32.0 Å². The van der Waals surface area contributed by atoms with Gasteiger partial charge in [-0.1, -0.05) is 0 Å². The van der Waals surface area contributed by atoms with Crippen molar-refractivity contribution < 1.29 is 21.9 Å². The third-order valence-corrected chi connectivity index (χ3v) is 7.85. The minimum Gasteiger partial charge on any atom is -0.396 e. The van der Waals surface area contributed by atoms with Crippen LogP contribution in [0.3, 0.4) is 0 Å². The van der Waals surface area contributed by atoms with Crippen LogP contribution in [-0.4, -0.2) is 50.0 Å². The number of hydrogen-bond acceptors (Lipinski definition) is 5. The Hall–Kier alpha value is -3.02. The lowest BCUT2D eigenvalue weighted by molar-refractivity contribution is 0.289. The van der Waals surface area contributed by atoms with Crippen molar-refractivity contribution in [2.75, 3.05) is 27.6 Å². The summed E-state index contributed by atoms with van der Waals surface area (Å²) in [7, 11) is -6.44. The van der Waals surface area contributed by atoms with Crippen LogP contribution in [0.2, 0.25) is 0 Å². The smallest absolute Gasteiger partial charge is 0.232 e. The van der Waals surface area contributed by atoms with Crippen LogP contribution in [0.5, 0.6) is 0 Å². The topological polar surface area (TPSA) is 144 Å². The summed E-state index contributed by atoms with van der Waals surface area (Å²) in [5.41, 5.74) is 4.21. The van der Waals surface area contributed by atoms with Crippen molar-refractivity contribution in [3.8, 4) is 0 Å². The zero-order chi connectivity index (χ0) is 24.8. The first kappa shape index (κ1) is 25.6. The van der Waals surface area contributed by atoms with Gasteiger partial charge in [0.05, 0.1) is 11.5 Å². The van der Waals surface area contributed by atoms with Gasteiger partial charge < -0.3 is 15.1 Å². The van der Waals surface area contributed by atoms with E-state index >= 15 is 0 Å². The van der Waals surface area contributed by atoms with E-state index in [9.17, 15) is 16.8 Å². The average Bonchev–Trinajstić information content (AvgIpc) is 3.44. The van der Waals surface area contributed by atoms with Crippen LogP contribution in [0, 0.1) is 0 Å². The molecule has 0 atom stereocenters. The van der Waals surface area contributed by atoms with Crippen molar-refractivity contribution >= 4 is 53.2 Å². The first-order valence-electron chi connectivity index (χ1n) is 11.0. The second-order valence-electron chi connectivity index (χ2n) is 7.69. The number of H-pyrrole nitrogens is 2. The molecule has 0 saturated heterocycles. The number of anilines is 2. The van der Waals surface area contributed by atoms with Crippen LogP contribution < -0.4 is 9.44 Å². The summed E-state index contributed by atoms with van der Waals surface area (Å²) >= 11 is 0. The first-order chi connectivity index (χ1) is 16.2. The molecule has 0 aliphatic heterocycles. The van der Waals surface area contributed by atoms with Crippen molar-refractivity contribution in [3.05, 3.63) is 60.4 Å². The number of aliphatic hydroxyl groups is 1. The Morgan fingerprint density at radius 2 is 1.44 bits per heavy atom. The lowest BCUT2D eigenvalue weighted by Crippen LogP contribution is -2.14. The van der Waals surface area contributed by atoms with Crippen LogP contribution >= 0.6 is 0 Å². The van der Waals surface area contributed by atoms with E-state index in [1.807, 2.05) is 36.7 Å². The number of fused-ring (bicyclic) bond motifs is 2. The predicted molar refractivity (Wildman–Crippen MR) is 138 cm³/mol.